The highest BCUT2D eigenvalue weighted by atomic mass is 16.5. The summed E-state index contributed by atoms with van der Waals surface area (Å²) in [4.78, 5) is 0. The highest BCUT2D eigenvalue weighted by molar-refractivity contribution is 5.92. The minimum atomic E-state index is 0.765. The molecule has 0 aliphatic heterocycles. The molecule has 0 N–H and O–H groups in total. The van der Waals surface area contributed by atoms with Gasteiger partial charge in [0, 0.05) is 16.3 Å². The van der Waals surface area contributed by atoms with Crippen molar-refractivity contribution in [2.24, 2.45) is 5.92 Å². The minimum Gasteiger partial charge on any atom is -0.493 e. The molecule has 0 heterocycles. The lowest BCUT2D eigenvalue weighted by molar-refractivity contribution is 0.303. The van der Waals surface area contributed by atoms with E-state index in [1.54, 1.807) is 0 Å². The Balaban J connectivity index is 2.03. The second kappa shape index (κ2) is 4.14. The second-order valence-corrected chi connectivity index (χ2v) is 4.56. The number of hydrogen-bond acceptors (Lipinski definition) is 1. The maximum atomic E-state index is 5.87. The molecule has 1 aliphatic carbocycles. The van der Waals surface area contributed by atoms with Crippen LogP contribution in [0.3, 0.4) is 0 Å². The number of fused-ring (bicyclic) bond motifs is 1. The summed E-state index contributed by atoms with van der Waals surface area (Å²) < 4.78 is 5.87. The van der Waals surface area contributed by atoms with Crippen LogP contribution in [0, 0.1) is 18.3 Å². The summed E-state index contributed by atoms with van der Waals surface area (Å²) in [5, 5.41) is 2.21. The Kier molecular flexibility index (Phi) is 2.49. The number of hydrogen-bond donors (Lipinski definition) is 0. The average Bonchev–Trinajstić information content (AvgIpc) is 3.20. The van der Waals surface area contributed by atoms with E-state index in [0.717, 1.165) is 34.6 Å². The molecule has 0 amide bonds. The molecule has 84 valence electrons. The fraction of sp³-hybridized carbons (Fsp3) is 0.250. The highest BCUT2D eigenvalue weighted by Crippen LogP contribution is 2.32. The van der Waals surface area contributed by atoms with Crippen molar-refractivity contribution in [2.45, 2.75) is 12.8 Å². The van der Waals surface area contributed by atoms with Gasteiger partial charge in [0.25, 0.3) is 0 Å². The Bertz CT molecular complexity index is 588. The fourth-order valence-electron chi connectivity index (χ4n) is 2.02. The number of rotatable bonds is 3. The van der Waals surface area contributed by atoms with Crippen LogP contribution in [0.1, 0.15) is 18.4 Å². The number of terminal acetylenes is 1. The van der Waals surface area contributed by atoms with Gasteiger partial charge in [-0.3, -0.25) is 0 Å². The predicted octanol–water partition coefficient (Wildman–Crippen LogP) is 3.61. The maximum absolute atomic E-state index is 5.87. The van der Waals surface area contributed by atoms with Gasteiger partial charge in [-0.1, -0.05) is 30.2 Å². The zero-order valence-corrected chi connectivity index (χ0v) is 9.65. The van der Waals surface area contributed by atoms with Crippen molar-refractivity contribution in [3.8, 4) is 18.1 Å². The monoisotopic (exact) mass is 222 g/mol. The Morgan fingerprint density at radius 2 is 1.88 bits per heavy atom. The van der Waals surface area contributed by atoms with E-state index in [2.05, 4.69) is 18.1 Å². The van der Waals surface area contributed by atoms with Gasteiger partial charge in [0.15, 0.2) is 0 Å². The second-order valence-electron chi connectivity index (χ2n) is 4.56. The first-order chi connectivity index (χ1) is 8.38. The number of ether oxygens (including phenoxy) is 1. The van der Waals surface area contributed by atoms with Gasteiger partial charge in [0.05, 0.1) is 6.61 Å². The van der Waals surface area contributed by atoms with Crippen molar-refractivity contribution in [1.29, 1.82) is 0 Å². The van der Waals surface area contributed by atoms with Crippen LogP contribution in [0.2, 0.25) is 0 Å². The minimum absolute atomic E-state index is 0.765. The smallest absolute Gasteiger partial charge is 0.127 e. The van der Waals surface area contributed by atoms with Gasteiger partial charge < -0.3 is 4.74 Å². The molecule has 0 bridgehead atoms. The normalized spacial score (nSPS) is 14.5. The van der Waals surface area contributed by atoms with Gasteiger partial charge in [0.2, 0.25) is 0 Å². The van der Waals surface area contributed by atoms with Crippen molar-refractivity contribution in [3.05, 3.63) is 42.0 Å². The summed E-state index contributed by atoms with van der Waals surface area (Å²) in [6.07, 6.45) is 8.12. The molecule has 0 atom stereocenters. The van der Waals surface area contributed by atoms with E-state index in [-0.39, 0.29) is 0 Å². The van der Waals surface area contributed by atoms with Crippen LogP contribution >= 0.6 is 0 Å². The lowest BCUT2D eigenvalue weighted by atomic mass is 10.0. The molecule has 17 heavy (non-hydrogen) atoms. The first kappa shape index (κ1) is 10.2. The summed E-state index contributed by atoms with van der Waals surface area (Å²) >= 11 is 0. The standard InChI is InChI=1S/C16H14O/c1-2-13-9-10-16(17-11-12-7-8-12)15-6-4-3-5-14(13)15/h1,3-6,9-10,12H,7-8,11H2. The van der Waals surface area contributed by atoms with Gasteiger partial charge in [0.1, 0.15) is 5.75 Å². The third-order valence-electron chi connectivity index (χ3n) is 3.21. The Morgan fingerprint density at radius 3 is 2.59 bits per heavy atom. The van der Waals surface area contributed by atoms with Gasteiger partial charge in [-0.05, 0) is 30.9 Å². The number of benzene rings is 2. The van der Waals surface area contributed by atoms with Crippen LogP contribution in [0.4, 0.5) is 0 Å². The molecule has 2 aromatic rings. The largest absolute Gasteiger partial charge is 0.493 e. The summed E-state index contributed by atoms with van der Waals surface area (Å²) in [7, 11) is 0. The molecule has 2 aromatic carbocycles. The van der Waals surface area contributed by atoms with E-state index in [0.29, 0.717) is 0 Å². The third kappa shape index (κ3) is 1.99. The van der Waals surface area contributed by atoms with Crippen molar-refractivity contribution in [2.75, 3.05) is 6.61 Å². The maximum Gasteiger partial charge on any atom is 0.127 e. The zero-order chi connectivity index (χ0) is 11.7. The Labute approximate surface area is 101 Å². The average molecular weight is 222 g/mol. The van der Waals surface area contributed by atoms with Crippen LogP contribution < -0.4 is 4.74 Å². The highest BCUT2D eigenvalue weighted by Gasteiger charge is 2.22. The van der Waals surface area contributed by atoms with E-state index < -0.39 is 0 Å². The molecular formula is C16H14O. The molecule has 0 spiro atoms. The van der Waals surface area contributed by atoms with Crippen molar-refractivity contribution in [3.63, 3.8) is 0 Å². The molecule has 1 heteroatoms. The van der Waals surface area contributed by atoms with Crippen LogP contribution in [0.5, 0.6) is 5.75 Å². The molecular weight excluding hydrogens is 208 g/mol. The molecule has 0 unspecified atom stereocenters. The Morgan fingerprint density at radius 1 is 1.12 bits per heavy atom. The topological polar surface area (TPSA) is 9.23 Å². The summed E-state index contributed by atoms with van der Waals surface area (Å²) in [6.45, 7) is 0.833. The molecule has 1 nitrogen and oxygen atoms in total. The van der Waals surface area contributed by atoms with Crippen LogP contribution in [-0.4, -0.2) is 6.61 Å². The first-order valence-corrected chi connectivity index (χ1v) is 5.99. The predicted molar refractivity (Wildman–Crippen MR) is 70.1 cm³/mol. The molecule has 1 aliphatic rings. The van der Waals surface area contributed by atoms with Crippen LogP contribution in [0.25, 0.3) is 10.8 Å². The van der Waals surface area contributed by atoms with Crippen molar-refractivity contribution in [1.82, 2.24) is 0 Å². The van der Waals surface area contributed by atoms with Gasteiger partial charge in [-0.25, -0.2) is 0 Å². The summed E-state index contributed by atoms with van der Waals surface area (Å²) in [5.74, 6) is 4.43. The van der Waals surface area contributed by atoms with E-state index in [9.17, 15) is 0 Å². The van der Waals surface area contributed by atoms with Gasteiger partial charge >= 0.3 is 0 Å². The van der Waals surface area contributed by atoms with E-state index in [1.807, 2.05) is 24.3 Å². The molecule has 0 saturated heterocycles. The van der Waals surface area contributed by atoms with Crippen molar-refractivity contribution < 1.29 is 4.74 Å². The fourth-order valence-corrected chi connectivity index (χ4v) is 2.02. The molecule has 0 radical (unpaired) electrons. The van der Waals surface area contributed by atoms with Crippen molar-refractivity contribution >= 4 is 10.8 Å². The summed E-state index contributed by atoms with van der Waals surface area (Å²) in [5.41, 5.74) is 0.930. The van der Waals surface area contributed by atoms with Crippen LogP contribution in [0.15, 0.2) is 36.4 Å². The quantitative estimate of drug-likeness (QED) is 0.721. The molecule has 3 rings (SSSR count). The third-order valence-corrected chi connectivity index (χ3v) is 3.21. The summed E-state index contributed by atoms with van der Waals surface area (Å²) in [6, 6.07) is 12.1. The first-order valence-electron chi connectivity index (χ1n) is 5.99. The van der Waals surface area contributed by atoms with Crippen LogP contribution in [-0.2, 0) is 0 Å². The zero-order valence-electron chi connectivity index (χ0n) is 9.65. The van der Waals surface area contributed by atoms with E-state index in [4.69, 9.17) is 11.2 Å². The van der Waals surface area contributed by atoms with Gasteiger partial charge in [-0.2, -0.15) is 0 Å². The molecule has 0 aromatic heterocycles. The SMILES string of the molecule is C#Cc1ccc(OCC2CC2)c2ccccc12. The van der Waals surface area contributed by atoms with E-state index >= 15 is 0 Å². The lowest BCUT2D eigenvalue weighted by Crippen LogP contribution is -1.99. The van der Waals surface area contributed by atoms with Gasteiger partial charge in [-0.15, -0.1) is 6.42 Å². The molecule has 1 saturated carbocycles. The lowest BCUT2D eigenvalue weighted by Gasteiger charge is -2.10. The Hall–Kier alpha value is -1.94. The van der Waals surface area contributed by atoms with E-state index in [1.165, 1.54) is 12.8 Å². The molecule has 1 fully saturated rings.